The van der Waals surface area contributed by atoms with Gasteiger partial charge in [0.05, 0.1) is 13.7 Å². The lowest BCUT2D eigenvalue weighted by Gasteiger charge is -2.33. The van der Waals surface area contributed by atoms with Crippen LogP contribution in [0.1, 0.15) is 42.5 Å². The molecule has 1 aliphatic carbocycles. The summed E-state index contributed by atoms with van der Waals surface area (Å²) in [6.45, 7) is 0.758. The van der Waals surface area contributed by atoms with E-state index in [2.05, 4.69) is 5.32 Å². The first-order chi connectivity index (χ1) is 15.2. The van der Waals surface area contributed by atoms with E-state index in [0.717, 1.165) is 37.2 Å². The standard InChI is InChI=1S/C25H30N2O4/c1-30-20-11-13-21(14-12-20)31-16-15-26-24(28)23-17-19-9-5-6-10-22(19)27(23)25(29)18-7-3-2-4-8-18/h2-4,7-8,11-14,19,22-23H,5-6,9-10,15-17H2,1H3,(H,26,28). The van der Waals surface area contributed by atoms with Crippen LogP contribution in [0.3, 0.4) is 0 Å². The average molecular weight is 423 g/mol. The molecule has 2 amide bonds. The summed E-state index contributed by atoms with van der Waals surface area (Å²) in [5.74, 6) is 1.78. The summed E-state index contributed by atoms with van der Waals surface area (Å²) in [6, 6.07) is 16.4. The van der Waals surface area contributed by atoms with E-state index < -0.39 is 6.04 Å². The van der Waals surface area contributed by atoms with Crippen molar-refractivity contribution in [3.8, 4) is 11.5 Å². The predicted octanol–water partition coefficient (Wildman–Crippen LogP) is 3.66. The number of likely N-dealkylation sites (tertiary alicyclic amines) is 1. The summed E-state index contributed by atoms with van der Waals surface area (Å²) < 4.78 is 10.8. The minimum Gasteiger partial charge on any atom is -0.497 e. The van der Waals surface area contributed by atoms with Gasteiger partial charge in [-0.05, 0) is 61.6 Å². The molecule has 1 aliphatic heterocycles. The number of benzene rings is 2. The van der Waals surface area contributed by atoms with E-state index in [4.69, 9.17) is 9.47 Å². The Bertz CT molecular complexity index is 884. The smallest absolute Gasteiger partial charge is 0.254 e. The highest BCUT2D eigenvalue weighted by Gasteiger charge is 2.47. The molecule has 4 rings (SSSR count). The van der Waals surface area contributed by atoms with Gasteiger partial charge in [0.25, 0.3) is 5.91 Å². The lowest BCUT2D eigenvalue weighted by molar-refractivity contribution is -0.125. The van der Waals surface area contributed by atoms with Crippen LogP contribution >= 0.6 is 0 Å². The SMILES string of the molecule is COc1ccc(OCCNC(=O)C2CC3CCCCC3N2C(=O)c2ccccc2)cc1. The third-order valence-corrected chi connectivity index (χ3v) is 6.38. The van der Waals surface area contributed by atoms with Crippen LogP contribution in [0.25, 0.3) is 0 Å². The molecular formula is C25H30N2O4. The highest BCUT2D eigenvalue weighted by atomic mass is 16.5. The van der Waals surface area contributed by atoms with E-state index in [9.17, 15) is 9.59 Å². The zero-order valence-electron chi connectivity index (χ0n) is 18.0. The number of hydrogen-bond donors (Lipinski definition) is 1. The lowest BCUT2D eigenvalue weighted by Crippen LogP contribution is -2.50. The maximum absolute atomic E-state index is 13.3. The first kappa shape index (κ1) is 21.2. The molecule has 6 heteroatoms. The fourth-order valence-corrected chi connectivity index (χ4v) is 4.85. The van der Waals surface area contributed by atoms with Crippen LogP contribution in [0.4, 0.5) is 0 Å². The van der Waals surface area contributed by atoms with Gasteiger partial charge in [0.2, 0.25) is 5.91 Å². The minimum atomic E-state index is -0.415. The molecule has 0 spiro atoms. The minimum absolute atomic E-state index is 0.0374. The van der Waals surface area contributed by atoms with Gasteiger partial charge in [0, 0.05) is 11.6 Å². The molecule has 1 saturated carbocycles. The number of nitrogens with zero attached hydrogens (tertiary/aromatic N) is 1. The van der Waals surface area contributed by atoms with Crippen molar-refractivity contribution in [1.82, 2.24) is 10.2 Å². The number of ether oxygens (including phenoxy) is 2. The van der Waals surface area contributed by atoms with Gasteiger partial charge in [-0.15, -0.1) is 0 Å². The third-order valence-electron chi connectivity index (χ3n) is 6.38. The van der Waals surface area contributed by atoms with Crippen molar-refractivity contribution in [3.05, 3.63) is 60.2 Å². The molecule has 2 aliphatic rings. The molecule has 1 N–H and O–H groups in total. The van der Waals surface area contributed by atoms with Crippen molar-refractivity contribution < 1.29 is 19.1 Å². The van der Waals surface area contributed by atoms with Crippen molar-refractivity contribution in [2.45, 2.75) is 44.2 Å². The van der Waals surface area contributed by atoms with E-state index in [1.54, 1.807) is 7.11 Å². The van der Waals surface area contributed by atoms with Crippen molar-refractivity contribution in [2.24, 2.45) is 5.92 Å². The van der Waals surface area contributed by atoms with Gasteiger partial charge in [-0.3, -0.25) is 9.59 Å². The van der Waals surface area contributed by atoms with E-state index in [1.807, 2.05) is 59.5 Å². The van der Waals surface area contributed by atoms with Crippen molar-refractivity contribution in [2.75, 3.05) is 20.3 Å². The van der Waals surface area contributed by atoms with Crippen molar-refractivity contribution in [1.29, 1.82) is 0 Å². The Morgan fingerprint density at radius 2 is 1.71 bits per heavy atom. The molecule has 2 aromatic carbocycles. The van der Waals surface area contributed by atoms with Crippen LogP contribution < -0.4 is 14.8 Å². The number of methoxy groups -OCH3 is 1. The van der Waals surface area contributed by atoms with E-state index in [0.29, 0.717) is 24.6 Å². The van der Waals surface area contributed by atoms with Crippen LogP contribution in [0.5, 0.6) is 11.5 Å². The second-order valence-corrected chi connectivity index (χ2v) is 8.26. The second kappa shape index (κ2) is 9.86. The highest BCUT2D eigenvalue weighted by molar-refractivity contribution is 5.98. The quantitative estimate of drug-likeness (QED) is 0.692. The Hall–Kier alpha value is -3.02. The van der Waals surface area contributed by atoms with Gasteiger partial charge in [-0.2, -0.15) is 0 Å². The first-order valence-corrected chi connectivity index (χ1v) is 11.1. The fraction of sp³-hybridized carbons (Fsp3) is 0.440. The Morgan fingerprint density at radius 1 is 1.00 bits per heavy atom. The van der Waals surface area contributed by atoms with Gasteiger partial charge >= 0.3 is 0 Å². The summed E-state index contributed by atoms with van der Waals surface area (Å²) in [6.07, 6.45) is 5.11. The zero-order chi connectivity index (χ0) is 21.6. The number of carbonyl (C=O) groups excluding carboxylic acids is 2. The molecule has 31 heavy (non-hydrogen) atoms. The van der Waals surface area contributed by atoms with E-state index in [-0.39, 0.29) is 17.9 Å². The molecule has 2 fully saturated rings. The van der Waals surface area contributed by atoms with Gasteiger partial charge in [0.15, 0.2) is 0 Å². The first-order valence-electron chi connectivity index (χ1n) is 11.1. The van der Waals surface area contributed by atoms with Crippen LogP contribution in [0, 0.1) is 5.92 Å². The molecular weight excluding hydrogens is 392 g/mol. The maximum Gasteiger partial charge on any atom is 0.254 e. The number of fused-ring (bicyclic) bond motifs is 1. The molecule has 1 saturated heterocycles. The number of hydrogen-bond acceptors (Lipinski definition) is 4. The summed E-state index contributed by atoms with van der Waals surface area (Å²) in [5.41, 5.74) is 0.648. The van der Waals surface area contributed by atoms with E-state index >= 15 is 0 Å². The molecule has 2 aromatic rings. The Balaban J connectivity index is 1.37. The van der Waals surface area contributed by atoms with Gasteiger partial charge in [-0.25, -0.2) is 0 Å². The molecule has 3 atom stereocenters. The summed E-state index contributed by atoms with van der Waals surface area (Å²) in [4.78, 5) is 28.2. The molecule has 3 unspecified atom stereocenters. The fourth-order valence-electron chi connectivity index (χ4n) is 4.85. The molecule has 1 heterocycles. The predicted molar refractivity (Wildman–Crippen MR) is 118 cm³/mol. The van der Waals surface area contributed by atoms with Crippen LogP contribution in [0.2, 0.25) is 0 Å². The maximum atomic E-state index is 13.3. The van der Waals surface area contributed by atoms with Crippen LogP contribution in [0.15, 0.2) is 54.6 Å². The zero-order valence-corrected chi connectivity index (χ0v) is 18.0. The van der Waals surface area contributed by atoms with Crippen LogP contribution in [-0.2, 0) is 4.79 Å². The molecule has 0 radical (unpaired) electrons. The Morgan fingerprint density at radius 3 is 2.45 bits per heavy atom. The summed E-state index contributed by atoms with van der Waals surface area (Å²) >= 11 is 0. The summed E-state index contributed by atoms with van der Waals surface area (Å²) in [7, 11) is 1.62. The van der Waals surface area contributed by atoms with Crippen LogP contribution in [-0.4, -0.2) is 49.1 Å². The van der Waals surface area contributed by atoms with E-state index in [1.165, 1.54) is 6.42 Å². The monoisotopic (exact) mass is 422 g/mol. The molecule has 164 valence electrons. The molecule has 0 aromatic heterocycles. The largest absolute Gasteiger partial charge is 0.497 e. The number of rotatable bonds is 7. The topological polar surface area (TPSA) is 67.9 Å². The van der Waals surface area contributed by atoms with Gasteiger partial charge in [-0.1, -0.05) is 31.0 Å². The van der Waals surface area contributed by atoms with Crippen molar-refractivity contribution in [3.63, 3.8) is 0 Å². The Kier molecular flexibility index (Phi) is 6.75. The summed E-state index contributed by atoms with van der Waals surface area (Å²) in [5, 5.41) is 2.98. The molecule has 0 bridgehead atoms. The second-order valence-electron chi connectivity index (χ2n) is 8.26. The average Bonchev–Trinajstić information content (AvgIpc) is 3.22. The number of amides is 2. The lowest BCUT2D eigenvalue weighted by atomic mass is 9.84. The van der Waals surface area contributed by atoms with Gasteiger partial charge < -0.3 is 19.7 Å². The Labute approximate surface area is 183 Å². The van der Waals surface area contributed by atoms with Crippen molar-refractivity contribution >= 4 is 11.8 Å². The number of nitrogens with one attached hydrogen (secondary N) is 1. The molecule has 6 nitrogen and oxygen atoms in total. The normalized spacial score (nSPS) is 22.5. The number of carbonyl (C=O) groups is 2. The third kappa shape index (κ3) is 4.84. The highest BCUT2D eigenvalue weighted by Crippen LogP contribution is 2.40. The van der Waals surface area contributed by atoms with Gasteiger partial charge in [0.1, 0.15) is 24.1 Å².